The van der Waals surface area contributed by atoms with Crippen LogP contribution in [0.25, 0.3) is 0 Å². The van der Waals surface area contributed by atoms with Gasteiger partial charge < -0.3 is 15.2 Å². The summed E-state index contributed by atoms with van der Waals surface area (Å²) in [6, 6.07) is 8.10. The summed E-state index contributed by atoms with van der Waals surface area (Å²) in [6.07, 6.45) is 3.67. The van der Waals surface area contributed by atoms with E-state index in [0.717, 1.165) is 18.8 Å². The third-order valence-corrected chi connectivity index (χ3v) is 3.97. The fourth-order valence-corrected chi connectivity index (χ4v) is 2.86. The van der Waals surface area contributed by atoms with Gasteiger partial charge in [-0.2, -0.15) is 0 Å². The third-order valence-electron chi connectivity index (χ3n) is 3.97. The first-order chi connectivity index (χ1) is 8.85. The maximum atomic E-state index is 9.29. The second-order valence-electron chi connectivity index (χ2n) is 5.08. The van der Waals surface area contributed by atoms with Gasteiger partial charge in [-0.3, -0.25) is 0 Å². The first-order valence-corrected chi connectivity index (χ1v) is 6.78. The van der Waals surface area contributed by atoms with Crippen LogP contribution >= 0.6 is 0 Å². The summed E-state index contributed by atoms with van der Waals surface area (Å²) in [4.78, 5) is 0. The van der Waals surface area contributed by atoms with Crippen LogP contribution in [-0.4, -0.2) is 25.4 Å². The largest absolute Gasteiger partial charge is 0.496 e. The molecule has 0 aromatic heterocycles. The Labute approximate surface area is 109 Å². The van der Waals surface area contributed by atoms with E-state index < -0.39 is 0 Å². The lowest BCUT2D eigenvalue weighted by Gasteiger charge is -2.18. The van der Waals surface area contributed by atoms with Gasteiger partial charge in [-0.15, -0.1) is 0 Å². The van der Waals surface area contributed by atoms with Crippen molar-refractivity contribution in [1.29, 1.82) is 0 Å². The Kier molecular flexibility index (Phi) is 5.02. The fourth-order valence-electron chi connectivity index (χ4n) is 2.86. The molecule has 0 bridgehead atoms. The number of hydrogen-bond acceptors (Lipinski definition) is 3. The van der Waals surface area contributed by atoms with E-state index >= 15 is 0 Å². The van der Waals surface area contributed by atoms with Crippen molar-refractivity contribution >= 4 is 0 Å². The SMILES string of the molecule is COc1ccccc1CNCC1CCCC1CO. The zero-order chi connectivity index (χ0) is 12.8. The van der Waals surface area contributed by atoms with E-state index in [2.05, 4.69) is 11.4 Å². The second-order valence-corrected chi connectivity index (χ2v) is 5.08. The monoisotopic (exact) mass is 249 g/mol. The summed E-state index contributed by atoms with van der Waals surface area (Å²) in [5.74, 6) is 2.06. The zero-order valence-corrected chi connectivity index (χ0v) is 11.1. The summed E-state index contributed by atoms with van der Waals surface area (Å²) in [7, 11) is 1.71. The van der Waals surface area contributed by atoms with E-state index in [1.807, 2.05) is 18.2 Å². The molecule has 2 atom stereocenters. The molecule has 1 saturated carbocycles. The maximum Gasteiger partial charge on any atom is 0.123 e. The smallest absolute Gasteiger partial charge is 0.123 e. The standard InChI is InChI=1S/C15H23NO2/c1-18-15-8-3-2-5-13(15)10-16-9-12-6-4-7-14(12)11-17/h2-3,5,8,12,14,16-17H,4,6-7,9-11H2,1H3. The molecule has 2 rings (SSSR count). The predicted molar refractivity (Wildman–Crippen MR) is 72.6 cm³/mol. The zero-order valence-electron chi connectivity index (χ0n) is 11.1. The molecule has 3 heteroatoms. The summed E-state index contributed by atoms with van der Waals surface area (Å²) in [5.41, 5.74) is 1.19. The van der Waals surface area contributed by atoms with Gasteiger partial charge in [0.25, 0.3) is 0 Å². The van der Waals surface area contributed by atoms with Crippen LogP contribution in [0.1, 0.15) is 24.8 Å². The molecule has 1 aromatic carbocycles. The molecule has 0 saturated heterocycles. The van der Waals surface area contributed by atoms with Gasteiger partial charge in [0.05, 0.1) is 7.11 Å². The molecule has 1 aliphatic carbocycles. The lowest BCUT2D eigenvalue weighted by atomic mass is 9.97. The quantitative estimate of drug-likeness (QED) is 0.812. The molecule has 1 aliphatic rings. The molecule has 1 fully saturated rings. The number of para-hydroxylation sites is 1. The topological polar surface area (TPSA) is 41.5 Å². The van der Waals surface area contributed by atoms with Crippen molar-refractivity contribution in [1.82, 2.24) is 5.32 Å². The van der Waals surface area contributed by atoms with E-state index in [0.29, 0.717) is 18.4 Å². The molecule has 3 nitrogen and oxygen atoms in total. The lowest BCUT2D eigenvalue weighted by Crippen LogP contribution is -2.26. The van der Waals surface area contributed by atoms with Gasteiger partial charge in [-0.05, 0) is 37.3 Å². The highest BCUT2D eigenvalue weighted by atomic mass is 16.5. The number of methoxy groups -OCH3 is 1. The number of hydrogen-bond donors (Lipinski definition) is 2. The number of aliphatic hydroxyl groups excluding tert-OH is 1. The van der Waals surface area contributed by atoms with Crippen LogP contribution < -0.4 is 10.1 Å². The molecular weight excluding hydrogens is 226 g/mol. The molecule has 100 valence electrons. The van der Waals surface area contributed by atoms with Gasteiger partial charge in [0, 0.05) is 18.7 Å². The van der Waals surface area contributed by atoms with Crippen LogP contribution in [0.5, 0.6) is 5.75 Å². The van der Waals surface area contributed by atoms with Crippen LogP contribution in [0.15, 0.2) is 24.3 Å². The molecule has 2 unspecified atom stereocenters. The highest BCUT2D eigenvalue weighted by Gasteiger charge is 2.25. The maximum absolute atomic E-state index is 9.29. The van der Waals surface area contributed by atoms with Gasteiger partial charge in [0.2, 0.25) is 0 Å². The summed E-state index contributed by atoms with van der Waals surface area (Å²) < 4.78 is 5.33. The Bertz CT molecular complexity index is 367. The molecule has 2 N–H and O–H groups in total. The van der Waals surface area contributed by atoms with Crippen molar-refractivity contribution in [2.24, 2.45) is 11.8 Å². The number of ether oxygens (including phenoxy) is 1. The van der Waals surface area contributed by atoms with Gasteiger partial charge in [0.15, 0.2) is 0 Å². The summed E-state index contributed by atoms with van der Waals surface area (Å²) >= 11 is 0. The van der Waals surface area contributed by atoms with E-state index in [1.54, 1.807) is 7.11 Å². The van der Waals surface area contributed by atoms with E-state index in [1.165, 1.54) is 24.8 Å². The molecule has 0 amide bonds. The molecule has 0 aliphatic heterocycles. The summed E-state index contributed by atoms with van der Waals surface area (Å²) in [6.45, 7) is 2.16. The molecule has 0 radical (unpaired) electrons. The molecule has 1 aromatic rings. The first-order valence-electron chi connectivity index (χ1n) is 6.78. The van der Waals surface area contributed by atoms with Gasteiger partial charge >= 0.3 is 0 Å². The number of benzene rings is 1. The van der Waals surface area contributed by atoms with Crippen molar-refractivity contribution < 1.29 is 9.84 Å². The Morgan fingerprint density at radius 1 is 1.28 bits per heavy atom. The summed E-state index contributed by atoms with van der Waals surface area (Å²) in [5, 5.41) is 12.8. The Morgan fingerprint density at radius 2 is 2.06 bits per heavy atom. The molecule has 0 heterocycles. The van der Waals surface area contributed by atoms with Gasteiger partial charge in [-0.25, -0.2) is 0 Å². The minimum Gasteiger partial charge on any atom is -0.496 e. The molecule has 0 spiro atoms. The minimum atomic E-state index is 0.334. The average Bonchev–Trinajstić information content (AvgIpc) is 2.87. The van der Waals surface area contributed by atoms with Crippen molar-refractivity contribution in [3.8, 4) is 5.75 Å². The third kappa shape index (κ3) is 3.24. The van der Waals surface area contributed by atoms with Crippen LogP contribution in [0, 0.1) is 11.8 Å². The van der Waals surface area contributed by atoms with Crippen LogP contribution in [0.4, 0.5) is 0 Å². The number of rotatable bonds is 6. The van der Waals surface area contributed by atoms with Crippen molar-refractivity contribution in [3.05, 3.63) is 29.8 Å². The molecular formula is C15H23NO2. The Hall–Kier alpha value is -1.06. The van der Waals surface area contributed by atoms with E-state index in [4.69, 9.17) is 4.74 Å². The lowest BCUT2D eigenvalue weighted by molar-refractivity contribution is 0.192. The predicted octanol–water partition coefficient (Wildman–Crippen LogP) is 2.19. The van der Waals surface area contributed by atoms with Crippen molar-refractivity contribution in [3.63, 3.8) is 0 Å². The number of nitrogens with one attached hydrogen (secondary N) is 1. The van der Waals surface area contributed by atoms with Crippen molar-refractivity contribution in [2.45, 2.75) is 25.8 Å². The number of aliphatic hydroxyl groups is 1. The van der Waals surface area contributed by atoms with Crippen LogP contribution in [-0.2, 0) is 6.54 Å². The second kappa shape index (κ2) is 6.76. The first kappa shape index (κ1) is 13.4. The van der Waals surface area contributed by atoms with Gasteiger partial charge in [0.1, 0.15) is 5.75 Å². The fraction of sp³-hybridized carbons (Fsp3) is 0.600. The highest BCUT2D eigenvalue weighted by Crippen LogP contribution is 2.30. The van der Waals surface area contributed by atoms with E-state index in [-0.39, 0.29) is 0 Å². The van der Waals surface area contributed by atoms with Crippen LogP contribution in [0.3, 0.4) is 0 Å². The normalized spacial score (nSPS) is 23.2. The highest BCUT2D eigenvalue weighted by molar-refractivity contribution is 5.32. The van der Waals surface area contributed by atoms with Gasteiger partial charge in [-0.1, -0.05) is 24.6 Å². The van der Waals surface area contributed by atoms with Crippen molar-refractivity contribution in [2.75, 3.05) is 20.3 Å². The Morgan fingerprint density at radius 3 is 2.83 bits per heavy atom. The van der Waals surface area contributed by atoms with Crippen LogP contribution in [0.2, 0.25) is 0 Å². The average molecular weight is 249 g/mol. The minimum absolute atomic E-state index is 0.334. The molecule has 18 heavy (non-hydrogen) atoms. The van der Waals surface area contributed by atoms with E-state index in [9.17, 15) is 5.11 Å². The Balaban J connectivity index is 1.81.